The lowest BCUT2D eigenvalue weighted by atomic mass is 9.89. The van der Waals surface area contributed by atoms with E-state index in [2.05, 4.69) is 25.5 Å². The summed E-state index contributed by atoms with van der Waals surface area (Å²) in [5.74, 6) is 0.112. The minimum atomic E-state index is -0.451. The third kappa shape index (κ3) is 5.37. The maximum Gasteiger partial charge on any atom is 0.134 e. The maximum atomic E-state index is 15.1. The molecule has 10 heteroatoms. The van der Waals surface area contributed by atoms with Gasteiger partial charge in [-0.05, 0) is 50.1 Å². The quantitative estimate of drug-likeness (QED) is 0.264. The lowest BCUT2D eigenvalue weighted by Gasteiger charge is -2.32. The van der Waals surface area contributed by atoms with Crippen LogP contribution in [-0.4, -0.2) is 37.4 Å². The van der Waals surface area contributed by atoms with Gasteiger partial charge in [-0.15, -0.1) is 0 Å². The van der Waals surface area contributed by atoms with E-state index in [-0.39, 0.29) is 6.10 Å². The number of H-pyrrole nitrogens is 1. The number of aromatic amines is 1. The summed E-state index contributed by atoms with van der Waals surface area (Å²) in [7, 11) is 0. The van der Waals surface area contributed by atoms with Crippen LogP contribution in [0.1, 0.15) is 48.4 Å². The second-order valence-corrected chi connectivity index (χ2v) is 9.64. The molecule has 0 aliphatic heterocycles. The molecule has 1 aliphatic rings. The summed E-state index contributed by atoms with van der Waals surface area (Å²) in [6, 6.07) is 9.20. The fraction of sp³-hybridized carbons (Fsp3) is 0.269. The molecule has 5 rings (SSSR count). The van der Waals surface area contributed by atoms with Crippen molar-refractivity contribution in [2.45, 2.75) is 44.6 Å². The average molecular weight is 528 g/mol. The number of fused-ring (bicyclic) bond motifs is 1. The van der Waals surface area contributed by atoms with E-state index in [4.69, 9.17) is 27.9 Å². The van der Waals surface area contributed by atoms with Crippen LogP contribution in [0.2, 0.25) is 10.0 Å². The van der Waals surface area contributed by atoms with E-state index in [1.54, 1.807) is 24.3 Å². The van der Waals surface area contributed by atoms with Crippen molar-refractivity contribution in [2.75, 3.05) is 0 Å². The van der Waals surface area contributed by atoms with Crippen LogP contribution in [0, 0.1) is 0 Å². The Morgan fingerprint density at radius 1 is 1.22 bits per heavy atom. The SMILES string of the molecule is C[C@@H](Oc1ccc2[nH]nc(/C=C(\F)c3ccc(CN[C@H]4C[C@H](O)C4)nc3)c2c1)c1c(Cl)cncc1Cl. The fourth-order valence-corrected chi connectivity index (χ4v) is 4.82. The van der Waals surface area contributed by atoms with E-state index >= 15 is 4.39 Å². The van der Waals surface area contributed by atoms with Gasteiger partial charge in [-0.3, -0.25) is 15.1 Å². The van der Waals surface area contributed by atoms with Crippen LogP contribution in [0.3, 0.4) is 0 Å². The first kappa shape index (κ1) is 24.6. The molecule has 1 fully saturated rings. The monoisotopic (exact) mass is 527 g/mol. The van der Waals surface area contributed by atoms with Crippen molar-refractivity contribution in [3.63, 3.8) is 0 Å². The van der Waals surface area contributed by atoms with E-state index in [9.17, 15) is 5.11 Å². The van der Waals surface area contributed by atoms with Gasteiger partial charge in [0.2, 0.25) is 0 Å². The van der Waals surface area contributed by atoms with E-state index < -0.39 is 11.9 Å². The molecule has 0 radical (unpaired) electrons. The molecular weight excluding hydrogens is 504 g/mol. The molecule has 4 aromatic rings. The van der Waals surface area contributed by atoms with E-state index in [0.29, 0.717) is 50.6 Å². The number of hydrogen-bond acceptors (Lipinski definition) is 6. The van der Waals surface area contributed by atoms with Crippen LogP contribution in [0.4, 0.5) is 4.39 Å². The van der Waals surface area contributed by atoms with Gasteiger partial charge in [0.05, 0.1) is 33.1 Å². The first-order valence-electron chi connectivity index (χ1n) is 11.5. The Kier molecular flexibility index (Phi) is 7.20. The number of aliphatic hydroxyl groups is 1. The number of nitrogens with zero attached hydrogens (tertiary/aromatic N) is 3. The minimum absolute atomic E-state index is 0.209. The molecule has 0 unspecified atom stereocenters. The Balaban J connectivity index is 1.31. The van der Waals surface area contributed by atoms with Gasteiger partial charge in [0, 0.05) is 53.8 Å². The molecule has 186 valence electrons. The maximum absolute atomic E-state index is 15.1. The largest absolute Gasteiger partial charge is 0.486 e. The number of aliphatic hydroxyl groups excluding tert-OH is 1. The lowest BCUT2D eigenvalue weighted by Crippen LogP contribution is -2.43. The molecule has 3 heterocycles. The van der Waals surface area contributed by atoms with E-state index in [1.165, 1.54) is 24.7 Å². The smallest absolute Gasteiger partial charge is 0.134 e. The zero-order valence-corrected chi connectivity index (χ0v) is 20.9. The Hall–Kier alpha value is -3.04. The molecule has 1 atom stereocenters. The van der Waals surface area contributed by atoms with Gasteiger partial charge >= 0.3 is 0 Å². The van der Waals surface area contributed by atoms with Gasteiger partial charge in [0.25, 0.3) is 0 Å². The van der Waals surface area contributed by atoms with Gasteiger partial charge in [0.15, 0.2) is 0 Å². The summed E-state index contributed by atoms with van der Waals surface area (Å²) in [4.78, 5) is 8.32. The molecular formula is C26H24Cl2FN5O2. The summed E-state index contributed by atoms with van der Waals surface area (Å²) < 4.78 is 21.1. The number of ether oxygens (including phenoxy) is 1. The summed E-state index contributed by atoms with van der Waals surface area (Å²) in [6.07, 6.45) is 6.78. The molecule has 7 nitrogen and oxygen atoms in total. The zero-order valence-electron chi connectivity index (χ0n) is 19.4. The molecule has 1 aliphatic carbocycles. The zero-order chi connectivity index (χ0) is 25.2. The summed E-state index contributed by atoms with van der Waals surface area (Å²) in [5, 5.41) is 21.4. The highest BCUT2D eigenvalue weighted by atomic mass is 35.5. The Bertz CT molecular complexity index is 1380. The second kappa shape index (κ2) is 10.5. The molecule has 3 aromatic heterocycles. The van der Waals surface area contributed by atoms with E-state index in [1.807, 2.05) is 13.0 Å². The normalized spacial score (nSPS) is 18.8. The van der Waals surface area contributed by atoms with E-state index in [0.717, 1.165) is 24.1 Å². The molecule has 0 amide bonds. The van der Waals surface area contributed by atoms with Crippen molar-refractivity contribution in [2.24, 2.45) is 0 Å². The molecule has 1 saturated carbocycles. The highest BCUT2D eigenvalue weighted by Gasteiger charge is 2.26. The van der Waals surface area contributed by atoms with Crippen molar-refractivity contribution in [3.05, 3.63) is 81.5 Å². The molecule has 1 aromatic carbocycles. The summed E-state index contributed by atoms with van der Waals surface area (Å²) in [5.41, 5.74) is 2.99. The summed E-state index contributed by atoms with van der Waals surface area (Å²) >= 11 is 12.5. The number of benzene rings is 1. The van der Waals surface area contributed by atoms with Crippen LogP contribution in [0.15, 0.2) is 48.9 Å². The van der Waals surface area contributed by atoms with Crippen LogP contribution >= 0.6 is 23.2 Å². The molecule has 3 N–H and O–H groups in total. The number of pyridine rings is 2. The van der Waals surface area contributed by atoms with Crippen molar-refractivity contribution in [1.82, 2.24) is 25.5 Å². The molecule has 36 heavy (non-hydrogen) atoms. The molecule has 0 bridgehead atoms. The van der Waals surface area contributed by atoms with Gasteiger partial charge < -0.3 is 15.2 Å². The van der Waals surface area contributed by atoms with Crippen LogP contribution in [0.5, 0.6) is 5.75 Å². The van der Waals surface area contributed by atoms with Crippen molar-refractivity contribution >= 4 is 46.0 Å². The number of rotatable bonds is 8. The van der Waals surface area contributed by atoms with Crippen LogP contribution < -0.4 is 10.1 Å². The average Bonchev–Trinajstić information content (AvgIpc) is 3.23. The Labute approximate surface area is 217 Å². The third-order valence-corrected chi connectivity index (χ3v) is 6.82. The number of hydrogen-bond donors (Lipinski definition) is 3. The molecule has 0 spiro atoms. The first-order chi connectivity index (χ1) is 17.4. The van der Waals surface area contributed by atoms with Gasteiger partial charge in [-0.1, -0.05) is 23.2 Å². The topological polar surface area (TPSA) is 96.0 Å². The first-order valence-corrected chi connectivity index (χ1v) is 12.3. The van der Waals surface area contributed by atoms with Crippen molar-refractivity contribution in [3.8, 4) is 5.75 Å². The van der Waals surface area contributed by atoms with Crippen molar-refractivity contribution in [1.29, 1.82) is 0 Å². The predicted molar refractivity (Wildman–Crippen MR) is 138 cm³/mol. The number of halogens is 3. The number of aromatic nitrogens is 4. The fourth-order valence-electron chi connectivity index (χ4n) is 4.15. The molecule has 0 saturated heterocycles. The van der Waals surface area contributed by atoms with Gasteiger partial charge in [-0.2, -0.15) is 5.10 Å². The van der Waals surface area contributed by atoms with Crippen LogP contribution in [0.25, 0.3) is 22.8 Å². The predicted octanol–water partition coefficient (Wildman–Crippen LogP) is 5.88. The third-order valence-electron chi connectivity index (χ3n) is 6.22. The summed E-state index contributed by atoms with van der Waals surface area (Å²) in [6.45, 7) is 2.42. The van der Waals surface area contributed by atoms with Gasteiger partial charge in [0.1, 0.15) is 17.7 Å². The minimum Gasteiger partial charge on any atom is -0.486 e. The second-order valence-electron chi connectivity index (χ2n) is 8.83. The Morgan fingerprint density at radius 2 is 2.00 bits per heavy atom. The standard InChI is InChI=1S/C26H24Cl2FN5O2/c1-14(26-21(27)12-30-13-22(26)28)36-19-4-5-24-20(8-19)25(34-33-24)9-23(29)15-2-3-16(31-10-15)11-32-17-6-18(35)7-17/h2-5,8-10,12-14,17-18,32,35H,6-7,11H2,1H3,(H,33,34)/b23-9-/t14-,17-,18-/m1/s1. The van der Waals surface area contributed by atoms with Crippen molar-refractivity contribution < 1.29 is 14.2 Å². The lowest BCUT2D eigenvalue weighted by molar-refractivity contribution is 0.0618. The van der Waals surface area contributed by atoms with Crippen LogP contribution in [-0.2, 0) is 6.54 Å². The number of nitrogens with one attached hydrogen (secondary N) is 2. The Morgan fingerprint density at radius 3 is 2.69 bits per heavy atom. The highest BCUT2D eigenvalue weighted by molar-refractivity contribution is 6.35. The van der Waals surface area contributed by atoms with Gasteiger partial charge in [-0.25, -0.2) is 4.39 Å². The highest BCUT2D eigenvalue weighted by Crippen LogP contribution is 2.34.